The number of ether oxygens (including phenoxy) is 1. The molecule has 0 aliphatic heterocycles. The highest BCUT2D eigenvalue weighted by atomic mass is 35.5. The first-order valence-corrected chi connectivity index (χ1v) is 6.96. The smallest absolute Gasteiger partial charge is 0.243 e. The summed E-state index contributed by atoms with van der Waals surface area (Å²) in [5.41, 5.74) is 6.74. The number of carbonyl (C=O) groups is 1. The average Bonchev–Trinajstić information content (AvgIpc) is 2.72. The van der Waals surface area contributed by atoms with Crippen LogP contribution in [0.15, 0.2) is 18.2 Å². The Labute approximate surface area is 126 Å². The summed E-state index contributed by atoms with van der Waals surface area (Å²) in [6.07, 6.45) is 0. The second-order valence-corrected chi connectivity index (χ2v) is 5.48. The number of carbonyl (C=O) groups excluding carboxylic acids is 1. The summed E-state index contributed by atoms with van der Waals surface area (Å²) in [6.45, 7) is 2.65. The lowest BCUT2D eigenvalue weighted by Crippen LogP contribution is -2.20. The van der Waals surface area contributed by atoms with E-state index >= 15 is 0 Å². The zero-order chi connectivity index (χ0) is 14.7. The van der Waals surface area contributed by atoms with Gasteiger partial charge >= 0.3 is 0 Å². The van der Waals surface area contributed by atoms with Crippen molar-refractivity contribution in [3.8, 4) is 0 Å². The Morgan fingerprint density at radius 3 is 2.95 bits per heavy atom. The Balaban J connectivity index is 2.24. The van der Waals surface area contributed by atoms with Crippen LogP contribution in [0.25, 0.3) is 11.0 Å². The van der Waals surface area contributed by atoms with Gasteiger partial charge in [0.1, 0.15) is 12.4 Å². The fourth-order valence-electron chi connectivity index (χ4n) is 1.99. The molecule has 1 aromatic heterocycles. The summed E-state index contributed by atoms with van der Waals surface area (Å²) >= 11 is 12.1. The maximum atomic E-state index is 10.6. The van der Waals surface area contributed by atoms with Gasteiger partial charge in [-0.15, -0.1) is 11.6 Å². The number of fused-ring (bicyclic) bond motifs is 1. The van der Waals surface area contributed by atoms with Crippen molar-refractivity contribution in [2.75, 3.05) is 13.2 Å². The highest BCUT2D eigenvalue weighted by Crippen LogP contribution is 2.26. The summed E-state index contributed by atoms with van der Waals surface area (Å²) < 4.78 is 7.15. The minimum absolute atomic E-state index is 0.0930. The molecule has 2 aromatic rings. The molecule has 1 heterocycles. The topological polar surface area (TPSA) is 70.1 Å². The number of hydrogen-bond donors (Lipinski definition) is 1. The van der Waals surface area contributed by atoms with Crippen molar-refractivity contribution in [3.05, 3.63) is 29.0 Å². The summed E-state index contributed by atoms with van der Waals surface area (Å²) in [4.78, 5) is 15.1. The van der Waals surface area contributed by atoms with Crippen LogP contribution < -0.4 is 5.73 Å². The molecule has 20 heavy (non-hydrogen) atoms. The maximum absolute atomic E-state index is 10.6. The molecule has 5 nitrogen and oxygen atoms in total. The lowest BCUT2D eigenvalue weighted by Gasteiger charge is -2.10. The van der Waals surface area contributed by atoms with E-state index in [0.29, 0.717) is 18.2 Å². The number of nitrogens with two attached hydrogens (primary N) is 1. The van der Waals surface area contributed by atoms with Crippen molar-refractivity contribution >= 4 is 40.1 Å². The minimum Gasteiger partial charge on any atom is -0.370 e. The van der Waals surface area contributed by atoms with Crippen LogP contribution in [-0.2, 0) is 16.1 Å². The number of rotatable bonds is 6. The molecule has 1 atom stereocenters. The van der Waals surface area contributed by atoms with E-state index in [2.05, 4.69) is 4.98 Å². The van der Waals surface area contributed by atoms with E-state index in [1.54, 1.807) is 12.1 Å². The molecule has 1 amide bonds. The standard InChI is InChI=1S/C13H15Cl2N3O2/c1-8(14)13-17-10-6-9(15)2-3-11(10)18(13)4-5-20-7-12(16)19/h2-3,6,8H,4-5,7H2,1H3,(H2,16,19). The number of hydrogen-bond acceptors (Lipinski definition) is 3. The number of halogens is 2. The SMILES string of the molecule is CC(Cl)c1nc2cc(Cl)ccc2n1CCOCC(N)=O. The Morgan fingerprint density at radius 1 is 1.55 bits per heavy atom. The molecule has 0 bridgehead atoms. The molecular weight excluding hydrogens is 301 g/mol. The Hall–Kier alpha value is -1.30. The zero-order valence-corrected chi connectivity index (χ0v) is 12.5. The van der Waals surface area contributed by atoms with E-state index in [-0.39, 0.29) is 12.0 Å². The lowest BCUT2D eigenvalue weighted by atomic mass is 10.3. The number of alkyl halides is 1. The van der Waals surface area contributed by atoms with Crippen molar-refractivity contribution < 1.29 is 9.53 Å². The number of amides is 1. The highest BCUT2D eigenvalue weighted by molar-refractivity contribution is 6.31. The largest absolute Gasteiger partial charge is 0.370 e. The van der Waals surface area contributed by atoms with Gasteiger partial charge in [-0.2, -0.15) is 0 Å². The van der Waals surface area contributed by atoms with E-state index in [4.69, 9.17) is 33.7 Å². The molecule has 0 fully saturated rings. The van der Waals surface area contributed by atoms with Crippen LogP contribution in [0.1, 0.15) is 18.1 Å². The predicted molar refractivity (Wildman–Crippen MR) is 79.0 cm³/mol. The first-order chi connectivity index (χ1) is 9.49. The first kappa shape index (κ1) is 15.1. The van der Waals surface area contributed by atoms with Gasteiger partial charge in [-0.3, -0.25) is 4.79 Å². The number of benzene rings is 1. The van der Waals surface area contributed by atoms with Crippen LogP contribution in [0.4, 0.5) is 0 Å². The Kier molecular flexibility index (Phi) is 4.86. The van der Waals surface area contributed by atoms with Gasteiger partial charge in [0.25, 0.3) is 0 Å². The maximum Gasteiger partial charge on any atom is 0.243 e. The van der Waals surface area contributed by atoms with Crippen molar-refractivity contribution in [2.24, 2.45) is 5.73 Å². The van der Waals surface area contributed by atoms with Crippen molar-refractivity contribution in [2.45, 2.75) is 18.8 Å². The molecule has 2 N–H and O–H groups in total. The van der Waals surface area contributed by atoms with Crippen LogP contribution in [-0.4, -0.2) is 28.7 Å². The van der Waals surface area contributed by atoms with Crippen molar-refractivity contribution in [3.63, 3.8) is 0 Å². The predicted octanol–water partition coefficient (Wildman–Crippen LogP) is 2.49. The molecule has 0 radical (unpaired) electrons. The van der Waals surface area contributed by atoms with E-state index < -0.39 is 5.91 Å². The molecule has 2 rings (SSSR count). The average molecular weight is 316 g/mol. The molecule has 1 unspecified atom stereocenters. The fourth-order valence-corrected chi connectivity index (χ4v) is 2.32. The lowest BCUT2D eigenvalue weighted by molar-refractivity contribution is -0.122. The van der Waals surface area contributed by atoms with E-state index in [9.17, 15) is 4.79 Å². The molecule has 1 aromatic carbocycles. The number of primary amides is 1. The highest BCUT2D eigenvalue weighted by Gasteiger charge is 2.15. The molecule has 0 spiro atoms. The van der Waals surface area contributed by atoms with Gasteiger partial charge in [-0.25, -0.2) is 4.98 Å². The first-order valence-electron chi connectivity index (χ1n) is 6.15. The van der Waals surface area contributed by atoms with E-state index in [0.717, 1.165) is 16.9 Å². The molecule has 7 heteroatoms. The normalized spacial score (nSPS) is 12.8. The third-order valence-electron chi connectivity index (χ3n) is 2.80. The van der Waals surface area contributed by atoms with Gasteiger partial charge in [-0.1, -0.05) is 11.6 Å². The molecule has 0 aliphatic carbocycles. The van der Waals surface area contributed by atoms with Gasteiger partial charge in [0.2, 0.25) is 5.91 Å². The number of aromatic nitrogens is 2. The van der Waals surface area contributed by atoms with Gasteiger partial charge < -0.3 is 15.0 Å². The van der Waals surface area contributed by atoms with Crippen molar-refractivity contribution in [1.82, 2.24) is 9.55 Å². The van der Waals surface area contributed by atoms with Crippen LogP contribution >= 0.6 is 23.2 Å². The Bertz CT molecular complexity index is 625. The molecular formula is C13H15Cl2N3O2. The van der Waals surface area contributed by atoms with Gasteiger partial charge in [0.15, 0.2) is 0 Å². The van der Waals surface area contributed by atoms with Crippen LogP contribution in [0.2, 0.25) is 5.02 Å². The zero-order valence-electron chi connectivity index (χ0n) is 11.0. The number of nitrogens with zero attached hydrogens (tertiary/aromatic N) is 2. The van der Waals surface area contributed by atoms with Gasteiger partial charge in [-0.05, 0) is 25.1 Å². The molecule has 0 aliphatic rings. The van der Waals surface area contributed by atoms with E-state index in [1.807, 2.05) is 17.6 Å². The summed E-state index contributed by atoms with van der Waals surface area (Å²) in [5, 5.41) is 0.387. The monoisotopic (exact) mass is 315 g/mol. The second kappa shape index (κ2) is 6.43. The fraction of sp³-hybridized carbons (Fsp3) is 0.385. The number of imidazole rings is 1. The quantitative estimate of drug-likeness (QED) is 0.657. The third-order valence-corrected chi connectivity index (χ3v) is 3.23. The second-order valence-electron chi connectivity index (χ2n) is 4.39. The Morgan fingerprint density at radius 2 is 2.30 bits per heavy atom. The van der Waals surface area contributed by atoms with Crippen LogP contribution in [0, 0.1) is 0 Å². The van der Waals surface area contributed by atoms with E-state index in [1.165, 1.54) is 0 Å². The van der Waals surface area contributed by atoms with Gasteiger partial charge in [0, 0.05) is 11.6 Å². The van der Waals surface area contributed by atoms with Crippen molar-refractivity contribution in [1.29, 1.82) is 0 Å². The summed E-state index contributed by atoms with van der Waals surface area (Å²) in [7, 11) is 0. The van der Waals surface area contributed by atoms with Crippen LogP contribution in [0.5, 0.6) is 0 Å². The third kappa shape index (κ3) is 3.42. The van der Waals surface area contributed by atoms with Gasteiger partial charge in [0.05, 0.1) is 23.0 Å². The molecule has 0 saturated carbocycles. The summed E-state index contributed by atoms with van der Waals surface area (Å²) in [6, 6.07) is 5.48. The molecule has 0 saturated heterocycles. The van der Waals surface area contributed by atoms with Crippen LogP contribution in [0.3, 0.4) is 0 Å². The molecule has 108 valence electrons. The summed E-state index contributed by atoms with van der Waals surface area (Å²) in [5.74, 6) is 0.254. The minimum atomic E-state index is -0.488.